The molecule has 0 unspecified atom stereocenters. The third-order valence-electron chi connectivity index (χ3n) is 3.33. The molecule has 1 aliphatic carbocycles. The molecule has 2 rings (SSSR count). The number of nitrogens with zero attached hydrogens (tertiary/aromatic N) is 1. The molecule has 0 atom stereocenters. The Kier molecular flexibility index (Phi) is 3.52. The van der Waals surface area contributed by atoms with Gasteiger partial charge in [-0.3, -0.25) is 4.79 Å². The number of carbonyl (C=O) groups is 1. The number of phenols is 1. The minimum Gasteiger partial charge on any atom is -0.508 e. The maximum absolute atomic E-state index is 11.9. The van der Waals surface area contributed by atoms with Gasteiger partial charge in [0.25, 0.3) is 0 Å². The quantitative estimate of drug-likeness (QED) is 0.852. The fraction of sp³-hybridized carbons (Fsp3) is 0.429. The van der Waals surface area contributed by atoms with Gasteiger partial charge in [-0.25, -0.2) is 0 Å². The summed E-state index contributed by atoms with van der Waals surface area (Å²) in [6, 6.07) is 8.84. The van der Waals surface area contributed by atoms with Gasteiger partial charge >= 0.3 is 0 Å². The second-order valence-corrected chi connectivity index (χ2v) is 4.80. The lowest BCUT2D eigenvalue weighted by Gasteiger charge is -2.21. The van der Waals surface area contributed by atoms with Gasteiger partial charge in [0.2, 0.25) is 5.91 Å². The van der Waals surface area contributed by atoms with Gasteiger partial charge in [-0.1, -0.05) is 12.1 Å². The molecule has 0 saturated heterocycles. The number of nitriles is 1. The van der Waals surface area contributed by atoms with Crippen molar-refractivity contribution in [1.82, 2.24) is 5.32 Å². The molecule has 2 N–H and O–H groups in total. The molecule has 1 fully saturated rings. The van der Waals surface area contributed by atoms with Gasteiger partial charge in [-0.05, 0) is 43.4 Å². The average Bonchev–Trinajstić information content (AvgIpc) is 2.78. The van der Waals surface area contributed by atoms with Gasteiger partial charge in [0.15, 0.2) is 0 Å². The normalized spacial score (nSPS) is 17.1. The number of aromatic hydroxyl groups is 1. The predicted molar refractivity (Wildman–Crippen MR) is 66.8 cm³/mol. The minimum absolute atomic E-state index is 0.149. The first-order chi connectivity index (χ1) is 8.63. The van der Waals surface area contributed by atoms with Crippen molar-refractivity contribution in [2.24, 2.45) is 0 Å². The van der Waals surface area contributed by atoms with Crippen molar-refractivity contribution < 1.29 is 9.90 Å². The van der Waals surface area contributed by atoms with Crippen LogP contribution in [0.25, 0.3) is 0 Å². The molecule has 1 aliphatic rings. The standard InChI is InChI=1S/C14H16N2O2/c15-10-14(6-1-2-7-14)16-13(18)9-11-4-3-5-12(17)8-11/h3-5,8,17H,1-2,6-7,9H2,(H,16,18). The van der Waals surface area contributed by atoms with Crippen molar-refractivity contribution in [3.63, 3.8) is 0 Å². The van der Waals surface area contributed by atoms with Gasteiger partial charge in [0.05, 0.1) is 12.5 Å². The van der Waals surface area contributed by atoms with Crippen LogP contribution >= 0.6 is 0 Å². The van der Waals surface area contributed by atoms with Crippen molar-refractivity contribution in [2.75, 3.05) is 0 Å². The van der Waals surface area contributed by atoms with Crippen molar-refractivity contribution in [3.8, 4) is 11.8 Å². The summed E-state index contributed by atoms with van der Waals surface area (Å²) in [5, 5.41) is 21.3. The zero-order valence-corrected chi connectivity index (χ0v) is 10.1. The fourth-order valence-corrected chi connectivity index (χ4v) is 2.41. The van der Waals surface area contributed by atoms with Crippen molar-refractivity contribution in [1.29, 1.82) is 5.26 Å². The first kappa shape index (κ1) is 12.4. The molecular formula is C14H16N2O2. The van der Waals surface area contributed by atoms with Crippen LogP contribution in [0.15, 0.2) is 24.3 Å². The van der Waals surface area contributed by atoms with Crippen LogP contribution < -0.4 is 5.32 Å². The molecule has 18 heavy (non-hydrogen) atoms. The summed E-state index contributed by atoms with van der Waals surface area (Å²) in [6.45, 7) is 0. The van der Waals surface area contributed by atoms with Crippen LogP contribution in [0.3, 0.4) is 0 Å². The van der Waals surface area contributed by atoms with Crippen LogP contribution in [0.2, 0.25) is 0 Å². The zero-order valence-electron chi connectivity index (χ0n) is 10.1. The Morgan fingerprint density at radius 3 is 2.78 bits per heavy atom. The number of phenolic OH excluding ortho intramolecular Hbond substituents is 1. The average molecular weight is 244 g/mol. The molecule has 0 spiro atoms. The SMILES string of the molecule is N#CC1(NC(=O)Cc2cccc(O)c2)CCCC1. The summed E-state index contributed by atoms with van der Waals surface area (Å²) in [7, 11) is 0. The Morgan fingerprint density at radius 2 is 2.17 bits per heavy atom. The van der Waals surface area contributed by atoms with Crippen LogP contribution in [-0.2, 0) is 11.2 Å². The number of carbonyl (C=O) groups excluding carboxylic acids is 1. The number of rotatable bonds is 3. The number of benzene rings is 1. The van der Waals surface area contributed by atoms with E-state index in [0.29, 0.717) is 0 Å². The summed E-state index contributed by atoms with van der Waals surface area (Å²) in [6.07, 6.45) is 3.63. The van der Waals surface area contributed by atoms with Crippen LogP contribution in [0.4, 0.5) is 0 Å². The van der Waals surface area contributed by atoms with Crippen molar-refractivity contribution in [2.45, 2.75) is 37.6 Å². The first-order valence-corrected chi connectivity index (χ1v) is 6.14. The Hall–Kier alpha value is -2.02. The van der Waals surface area contributed by atoms with E-state index in [1.165, 1.54) is 0 Å². The van der Waals surface area contributed by atoms with E-state index < -0.39 is 5.54 Å². The van der Waals surface area contributed by atoms with Crippen LogP contribution in [0.5, 0.6) is 5.75 Å². The number of hydrogen-bond donors (Lipinski definition) is 2. The van der Waals surface area contributed by atoms with Crippen molar-refractivity contribution >= 4 is 5.91 Å². The highest BCUT2D eigenvalue weighted by Gasteiger charge is 2.35. The molecule has 0 heterocycles. The first-order valence-electron chi connectivity index (χ1n) is 6.14. The highest BCUT2D eigenvalue weighted by atomic mass is 16.3. The largest absolute Gasteiger partial charge is 0.508 e. The van der Waals surface area contributed by atoms with E-state index in [9.17, 15) is 15.2 Å². The predicted octanol–water partition coefficient (Wildman–Crippen LogP) is 1.89. The second kappa shape index (κ2) is 5.09. The Balaban J connectivity index is 1.99. The molecule has 0 aromatic heterocycles. The number of hydrogen-bond acceptors (Lipinski definition) is 3. The van der Waals surface area contributed by atoms with Crippen LogP contribution in [0.1, 0.15) is 31.2 Å². The van der Waals surface area contributed by atoms with E-state index in [0.717, 1.165) is 31.2 Å². The zero-order chi connectivity index (χ0) is 13.0. The molecule has 94 valence electrons. The van der Waals surface area contributed by atoms with Gasteiger partial charge in [-0.2, -0.15) is 5.26 Å². The van der Waals surface area contributed by atoms with E-state index >= 15 is 0 Å². The minimum atomic E-state index is -0.673. The third kappa shape index (κ3) is 2.80. The monoisotopic (exact) mass is 244 g/mol. The Morgan fingerprint density at radius 1 is 1.44 bits per heavy atom. The Bertz CT molecular complexity index is 485. The summed E-state index contributed by atoms with van der Waals surface area (Å²) >= 11 is 0. The van der Waals surface area contributed by atoms with E-state index in [1.54, 1.807) is 24.3 Å². The van der Waals surface area contributed by atoms with Crippen molar-refractivity contribution in [3.05, 3.63) is 29.8 Å². The molecule has 1 aromatic rings. The molecule has 1 saturated carbocycles. The lowest BCUT2D eigenvalue weighted by Crippen LogP contribution is -2.45. The maximum atomic E-state index is 11.9. The van der Waals surface area contributed by atoms with Gasteiger partial charge in [-0.15, -0.1) is 0 Å². The molecule has 4 heteroatoms. The lowest BCUT2D eigenvalue weighted by molar-refractivity contribution is -0.121. The number of amides is 1. The van der Waals surface area contributed by atoms with Gasteiger partial charge in [0, 0.05) is 0 Å². The second-order valence-electron chi connectivity index (χ2n) is 4.80. The topological polar surface area (TPSA) is 73.1 Å². The molecule has 1 aromatic carbocycles. The molecule has 0 aliphatic heterocycles. The molecule has 4 nitrogen and oxygen atoms in total. The summed E-state index contributed by atoms with van der Waals surface area (Å²) < 4.78 is 0. The maximum Gasteiger partial charge on any atom is 0.225 e. The fourth-order valence-electron chi connectivity index (χ4n) is 2.41. The highest BCUT2D eigenvalue weighted by molar-refractivity contribution is 5.80. The number of nitrogens with one attached hydrogen (secondary N) is 1. The molecule has 0 radical (unpaired) electrons. The third-order valence-corrected chi connectivity index (χ3v) is 3.33. The highest BCUT2D eigenvalue weighted by Crippen LogP contribution is 2.28. The van der Waals surface area contributed by atoms with E-state index in [4.69, 9.17) is 0 Å². The van der Waals surface area contributed by atoms with E-state index in [2.05, 4.69) is 11.4 Å². The molecule has 0 bridgehead atoms. The summed E-state index contributed by atoms with van der Waals surface area (Å²) in [4.78, 5) is 11.9. The Labute approximate surface area is 106 Å². The smallest absolute Gasteiger partial charge is 0.225 e. The summed E-state index contributed by atoms with van der Waals surface area (Å²) in [5.74, 6) is -0.0137. The molecular weight excluding hydrogens is 228 g/mol. The van der Waals surface area contributed by atoms with E-state index in [-0.39, 0.29) is 18.1 Å². The van der Waals surface area contributed by atoms with Crippen LogP contribution in [0, 0.1) is 11.3 Å². The van der Waals surface area contributed by atoms with Gasteiger partial charge < -0.3 is 10.4 Å². The van der Waals surface area contributed by atoms with E-state index in [1.807, 2.05) is 0 Å². The lowest BCUT2D eigenvalue weighted by atomic mass is 9.99. The van der Waals surface area contributed by atoms with Gasteiger partial charge in [0.1, 0.15) is 11.3 Å². The summed E-state index contributed by atoms with van der Waals surface area (Å²) in [5.41, 5.74) is 0.0760. The molecule has 1 amide bonds. The van der Waals surface area contributed by atoms with Crippen LogP contribution in [-0.4, -0.2) is 16.6 Å².